The van der Waals surface area contributed by atoms with E-state index in [0.29, 0.717) is 5.75 Å². The van der Waals surface area contributed by atoms with Gasteiger partial charge in [0.25, 0.3) is 0 Å². The highest BCUT2D eigenvalue weighted by atomic mass is 32.1. The van der Waals surface area contributed by atoms with E-state index in [1.165, 1.54) is 0 Å². The van der Waals surface area contributed by atoms with E-state index in [1.54, 1.807) is 24.3 Å². The lowest BCUT2D eigenvalue weighted by Gasteiger charge is -2.32. The molecule has 0 amide bonds. The van der Waals surface area contributed by atoms with Gasteiger partial charge < -0.3 is 9.84 Å². The highest BCUT2D eigenvalue weighted by molar-refractivity contribution is 7.81. The Hall–Kier alpha value is -1.16. The fourth-order valence-corrected chi connectivity index (χ4v) is 2.44. The molecule has 1 aromatic carbocycles. The van der Waals surface area contributed by atoms with Crippen molar-refractivity contribution in [3.63, 3.8) is 0 Å². The van der Waals surface area contributed by atoms with Gasteiger partial charge in [-0.05, 0) is 38.1 Å². The summed E-state index contributed by atoms with van der Waals surface area (Å²) in [7, 11) is 0. The van der Waals surface area contributed by atoms with Gasteiger partial charge in [0, 0.05) is 11.2 Å². The van der Waals surface area contributed by atoms with Gasteiger partial charge in [-0.1, -0.05) is 13.8 Å². The maximum atomic E-state index is 10.7. The Kier molecular flexibility index (Phi) is 4.32. The number of benzene rings is 1. The van der Waals surface area contributed by atoms with Crippen LogP contribution in [0, 0.1) is 0 Å². The Morgan fingerprint density at radius 2 is 1.72 bits per heavy atom. The molecule has 0 heterocycles. The van der Waals surface area contributed by atoms with E-state index in [0.717, 1.165) is 6.42 Å². The molecule has 4 heteroatoms. The second kappa shape index (κ2) is 5.22. The highest BCUT2D eigenvalue weighted by Gasteiger charge is 2.27. The number of ether oxygens (including phenoxy) is 1. The lowest BCUT2D eigenvalue weighted by molar-refractivity contribution is 0.0696. The molecule has 3 nitrogen and oxygen atoms in total. The van der Waals surface area contributed by atoms with Crippen LogP contribution in [0.15, 0.2) is 24.3 Å². The second-order valence-electron chi connectivity index (χ2n) is 5.68. The number of rotatable bonds is 5. The van der Waals surface area contributed by atoms with Crippen molar-refractivity contribution in [3.05, 3.63) is 29.8 Å². The highest BCUT2D eigenvalue weighted by Crippen LogP contribution is 2.29. The molecule has 0 spiro atoms. The van der Waals surface area contributed by atoms with Crippen molar-refractivity contribution in [2.45, 2.75) is 44.5 Å². The van der Waals surface area contributed by atoms with Crippen LogP contribution < -0.4 is 4.74 Å². The van der Waals surface area contributed by atoms with Gasteiger partial charge in [0.2, 0.25) is 0 Å². The summed E-state index contributed by atoms with van der Waals surface area (Å²) in [5.74, 6) is -0.264. The first-order valence-corrected chi connectivity index (χ1v) is 6.29. The molecule has 0 aromatic heterocycles. The minimum Gasteiger partial charge on any atom is -0.488 e. The largest absolute Gasteiger partial charge is 0.488 e. The molecule has 0 saturated carbocycles. The van der Waals surface area contributed by atoms with Gasteiger partial charge in [-0.25, -0.2) is 4.79 Å². The van der Waals surface area contributed by atoms with Crippen molar-refractivity contribution in [1.29, 1.82) is 0 Å². The standard InChI is InChI=1S/C14H20O3S/c1-13(2,9-14(3,4)18)17-11-7-5-10(6-8-11)12(15)16/h5-8,18H,9H2,1-4H3,(H,15,16). The summed E-state index contributed by atoms with van der Waals surface area (Å²) in [6, 6.07) is 6.44. The van der Waals surface area contributed by atoms with Gasteiger partial charge >= 0.3 is 5.97 Å². The van der Waals surface area contributed by atoms with Crippen molar-refractivity contribution in [1.82, 2.24) is 0 Å². The van der Waals surface area contributed by atoms with Crippen LogP contribution in [0.4, 0.5) is 0 Å². The van der Waals surface area contributed by atoms with Crippen molar-refractivity contribution in [2.24, 2.45) is 0 Å². The molecule has 1 rings (SSSR count). The zero-order valence-electron chi connectivity index (χ0n) is 11.2. The third-order valence-electron chi connectivity index (χ3n) is 2.35. The Labute approximate surface area is 114 Å². The van der Waals surface area contributed by atoms with Crippen LogP contribution in [0.5, 0.6) is 5.75 Å². The average Bonchev–Trinajstić information content (AvgIpc) is 2.13. The summed E-state index contributed by atoms with van der Waals surface area (Å²) in [5, 5.41) is 8.81. The van der Waals surface area contributed by atoms with Gasteiger partial charge in [0.05, 0.1) is 5.56 Å². The summed E-state index contributed by atoms with van der Waals surface area (Å²) in [6.07, 6.45) is 0.782. The Bertz CT molecular complexity index is 416. The second-order valence-corrected chi connectivity index (χ2v) is 6.89. The molecule has 0 atom stereocenters. The number of carboxylic acid groups (broad SMARTS) is 1. The molecular formula is C14H20O3S. The van der Waals surface area contributed by atoms with Gasteiger partial charge in [0.1, 0.15) is 11.4 Å². The van der Waals surface area contributed by atoms with Crippen molar-refractivity contribution in [2.75, 3.05) is 0 Å². The van der Waals surface area contributed by atoms with Gasteiger partial charge in [-0.15, -0.1) is 0 Å². The molecule has 0 saturated heterocycles. The Balaban J connectivity index is 2.75. The first-order valence-electron chi connectivity index (χ1n) is 5.84. The van der Waals surface area contributed by atoms with E-state index in [2.05, 4.69) is 12.6 Å². The molecule has 100 valence electrons. The average molecular weight is 268 g/mol. The third kappa shape index (κ3) is 5.00. The topological polar surface area (TPSA) is 46.5 Å². The van der Waals surface area contributed by atoms with Crippen LogP contribution in [0.3, 0.4) is 0 Å². The van der Waals surface area contributed by atoms with E-state index in [-0.39, 0.29) is 15.9 Å². The molecule has 1 aromatic rings. The number of hydrogen-bond acceptors (Lipinski definition) is 3. The molecule has 0 radical (unpaired) electrons. The van der Waals surface area contributed by atoms with Crippen LogP contribution in [-0.4, -0.2) is 21.4 Å². The Morgan fingerprint density at radius 3 is 2.11 bits per heavy atom. The Morgan fingerprint density at radius 1 is 1.22 bits per heavy atom. The molecule has 0 fully saturated rings. The van der Waals surface area contributed by atoms with Crippen molar-refractivity contribution in [3.8, 4) is 5.75 Å². The zero-order valence-corrected chi connectivity index (χ0v) is 12.1. The van der Waals surface area contributed by atoms with Gasteiger partial charge in [0.15, 0.2) is 0 Å². The number of carboxylic acids is 1. The summed E-state index contributed by atoms with van der Waals surface area (Å²) < 4.78 is 5.75. The molecular weight excluding hydrogens is 248 g/mol. The van der Waals surface area contributed by atoms with E-state index in [1.807, 2.05) is 27.7 Å². The molecule has 0 bridgehead atoms. The van der Waals surface area contributed by atoms with Crippen LogP contribution in [0.1, 0.15) is 44.5 Å². The lowest BCUT2D eigenvalue weighted by atomic mass is 9.95. The van der Waals surface area contributed by atoms with Crippen molar-refractivity contribution < 1.29 is 14.6 Å². The summed E-state index contributed by atoms with van der Waals surface area (Å²) in [6.45, 7) is 8.07. The normalized spacial score (nSPS) is 12.3. The van der Waals surface area contributed by atoms with Gasteiger partial charge in [-0.2, -0.15) is 12.6 Å². The third-order valence-corrected chi connectivity index (χ3v) is 2.51. The smallest absolute Gasteiger partial charge is 0.335 e. The van der Waals surface area contributed by atoms with Crippen molar-refractivity contribution >= 4 is 18.6 Å². The molecule has 18 heavy (non-hydrogen) atoms. The van der Waals surface area contributed by atoms with E-state index in [9.17, 15) is 4.79 Å². The first-order chi connectivity index (χ1) is 8.09. The molecule has 0 aliphatic carbocycles. The fourth-order valence-electron chi connectivity index (χ4n) is 2.06. The number of carbonyl (C=O) groups is 1. The minimum absolute atomic E-state index is 0.121. The van der Waals surface area contributed by atoms with E-state index in [4.69, 9.17) is 9.84 Å². The van der Waals surface area contributed by atoms with Crippen LogP contribution in [0.25, 0.3) is 0 Å². The monoisotopic (exact) mass is 268 g/mol. The number of thiol groups is 1. The maximum Gasteiger partial charge on any atom is 0.335 e. The van der Waals surface area contributed by atoms with Gasteiger partial charge in [-0.3, -0.25) is 0 Å². The van der Waals surface area contributed by atoms with E-state index < -0.39 is 5.97 Å². The number of hydrogen-bond donors (Lipinski definition) is 2. The maximum absolute atomic E-state index is 10.7. The van der Waals surface area contributed by atoms with Crippen LogP contribution >= 0.6 is 12.6 Å². The number of aromatic carboxylic acids is 1. The molecule has 1 N–H and O–H groups in total. The lowest BCUT2D eigenvalue weighted by Crippen LogP contribution is -2.35. The molecule has 0 aliphatic rings. The molecule has 0 unspecified atom stereocenters. The minimum atomic E-state index is -0.933. The van der Waals surface area contributed by atoms with E-state index >= 15 is 0 Å². The quantitative estimate of drug-likeness (QED) is 0.801. The SMILES string of the molecule is CC(C)(S)CC(C)(C)Oc1ccc(C(=O)O)cc1. The summed E-state index contributed by atoms with van der Waals surface area (Å²) >= 11 is 4.50. The summed E-state index contributed by atoms with van der Waals surface area (Å²) in [5.41, 5.74) is -0.0922. The predicted molar refractivity (Wildman–Crippen MR) is 75.8 cm³/mol. The first kappa shape index (κ1) is 14.9. The predicted octanol–water partition coefficient (Wildman–Crippen LogP) is 3.64. The molecule has 0 aliphatic heterocycles. The zero-order chi connectivity index (χ0) is 14.0. The summed E-state index contributed by atoms with van der Waals surface area (Å²) in [4.78, 5) is 10.7. The van der Waals surface area contributed by atoms with Crippen LogP contribution in [0.2, 0.25) is 0 Å². The van der Waals surface area contributed by atoms with Crippen LogP contribution in [-0.2, 0) is 0 Å². The fraction of sp³-hybridized carbons (Fsp3) is 0.500.